The molecule has 0 aliphatic carbocycles. The lowest BCUT2D eigenvalue weighted by Gasteiger charge is -2.13. The largest absolute Gasteiger partial charge is 0.487 e. The molecule has 1 amide bonds. The van der Waals surface area contributed by atoms with Gasteiger partial charge in [0.1, 0.15) is 12.4 Å². The van der Waals surface area contributed by atoms with E-state index in [9.17, 15) is 9.59 Å². The number of carbonyl (C=O) groups is 2. The quantitative estimate of drug-likeness (QED) is 0.818. The zero-order valence-electron chi connectivity index (χ0n) is 13.2. The van der Waals surface area contributed by atoms with Gasteiger partial charge < -0.3 is 9.47 Å². The summed E-state index contributed by atoms with van der Waals surface area (Å²) in [4.78, 5) is 23.2. The molecule has 0 heterocycles. The molecule has 0 aliphatic rings. The zero-order chi connectivity index (χ0) is 16.7. The first-order valence-corrected chi connectivity index (χ1v) is 7.35. The van der Waals surface area contributed by atoms with Gasteiger partial charge in [0.15, 0.2) is 5.78 Å². The number of rotatable bonds is 6. The maximum atomic E-state index is 11.6. The Balaban J connectivity index is 2.19. The third kappa shape index (κ3) is 4.85. The van der Waals surface area contributed by atoms with Crippen LogP contribution in [0, 0.1) is 0 Å². The molecule has 0 spiro atoms. The number of amides is 1. The average molecular weight is 313 g/mol. The van der Waals surface area contributed by atoms with Crippen molar-refractivity contribution in [1.82, 2.24) is 0 Å². The van der Waals surface area contributed by atoms with Gasteiger partial charge in [0.25, 0.3) is 0 Å². The van der Waals surface area contributed by atoms with Gasteiger partial charge in [-0.3, -0.25) is 10.1 Å². The monoisotopic (exact) mass is 313 g/mol. The maximum Gasteiger partial charge on any atom is 0.411 e. The molecule has 0 atom stereocenters. The first-order valence-electron chi connectivity index (χ1n) is 7.35. The third-order valence-corrected chi connectivity index (χ3v) is 3.14. The van der Waals surface area contributed by atoms with E-state index in [2.05, 4.69) is 5.32 Å². The van der Waals surface area contributed by atoms with Crippen LogP contribution in [0.15, 0.2) is 48.5 Å². The van der Waals surface area contributed by atoms with Gasteiger partial charge in [-0.1, -0.05) is 30.3 Å². The van der Waals surface area contributed by atoms with Gasteiger partial charge in [-0.2, -0.15) is 0 Å². The normalized spacial score (nSPS) is 10.0. The minimum absolute atomic E-state index is 0.0912. The fourth-order valence-corrected chi connectivity index (χ4v) is 1.98. The minimum Gasteiger partial charge on any atom is -0.487 e. The number of benzene rings is 2. The van der Waals surface area contributed by atoms with Crippen molar-refractivity contribution in [2.45, 2.75) is 20.5 Å². The molecule has 5 nitrogen and oxygen atoms in total. The maximum absolute atomic E-state index is 11.6. The van der Waals surface area contributed by atoms with Crippen LogP contribution in [0.2, 0.25) is 0 Å². The summed E-state index contributed by atoms with van der Waals surface area (Å²) < 4.78 is 10.6. The summed E-state index contributed by atoms with van der Waals surface area (Å²) in [5.74, 6) is 0.387. The van der Waals surface area contributed by atoms with Crippen LogP contribution in [0.3, 0.4) is 0 Å². The summed E-state index contributed by atoms with van der Waals surface area (Å²) >= 11 is 0. The van der Waals surface area contributed by atoms with Crippen molar-refractivity contribution in [3.05, 3.63) is 59.7 Å². The molecule has 5 heteroatoms. The predicted molar refractivity (Wildman–Crippen MR) is 87.9 cm³/mol. The van der Waals surface area contributed by atoms with Crippen LogP contribution < -0.4 is 10.1 Å². The molecule has 23 heavy (non-hydrogen) atoms. The van der Waals surface area contributed by atoms with E-state index in [4.69, 9.17) is 9.47 Å². The highest BCUT2D eigenvalue weighted by molar-refractivity contribution is 5.97. The SMILES string of the molecule is CCOC(=O)Nc1cc(C(C)=O)ccc1OCc1ccccc1. The van der Waals surface area contributed by atoms with Gasteiger partial charge in [0, 0.05) is 5.56 Å². The fourth-order valence-electron chi connectivity index (χ4n) is 1.98. The summed E-state index contributed by atoms with van der Waals surface area (Å²) in [5, 5.41) is 2.60. The van der Waals surface area contributed by atoms with Crippen molar-refractivity contribution in [1.29, 1.82) is 0 Å². The first-order chi connectivity index (χ1) is 11.1. The Bertz CT molecular complexity index is 683. The van der Waals surface area contributed by atoms with Gasteiger partial charge in [-0.15, -0.1) is 0 Å². The van der Waals surface area contributed by atoms with Crippen LogP contribution in [-0.4, -0.2) is 18.5 Å². The van der Waals surface area contributed by atoms with E-state index in [-0.39, 0.29) is 12.4 Å². The second-order valence-corrected chi connectivity index (χ2v) is 4.89. The van der Waals surface area contributed by atoms with Crippen LogP contribution in [0.1, 0.15) is 29.8 Å². The van der Waals surface area contributed by atoms with Crippen molar-refractivity contribution >= 4 is 17.6 Å². The number of anilines is 1. The summed E-state index contributed by atoms with van der Waals surface area (Å²) in [5.41, 5.74) is 1.90. The van der Waals surface area contributed by atoms with Gasteiger partial charge in [-0.05, 0) is 37.6 Å². The Hall–Kier alpha value is -2.82. The minimum atomic E-state index is -0.585. The number of ether oxygens (including phenoxy) is 2. The van der Waals surface area contributed by atoms with Crippen LogP contribution in [0.25, 0.3) is 0 Å². The molecule has 0 bridgehead atoms. The molecule has 1 N–H and O–H groups in total. The van der Waals surface area contributed by atoms with Crippen LogP contribution >= 0.6 is 0 Å². The lowest BCUT2D eigenvalue weighted by atomic mass is 10.1. The number of ketones is 1. The smallest absolute Gasteiger partial charge is 0.411 e. The Morgan fingerprint density at radius 1 is 1.09 bits per heavy atom. The van der Waals surface area contributed by atoms with Gasteiger partial charge in [0.05, 0.1) is 12.3 Å². The number of hydrogen-bond acceptors (Lipinski definition) is 4. The number of Topliss-reactive ketones (excluding diaryl/α,β-unsaturated/α-hetero) is 1. The number of carbonyl (C=O) groups excluding carboxylic acids is 2. The highest BCUT2D eigenvalue weighted by atomic mass is 16.5. The third-order valence-electron chi connectivity index (χ3n) is 3.14. The highest BCUT2D eigenvalue weighted by Crippen LogP contribution is 2.27. The predicted octanol–water partition coefficient (Wildman–Crippen LogP) is 4.04. The summed E-state index contributed by atoms with van der Waals surface area (Å²) in [6, 6.07) is 14.6. The molecule has 2 aromatic rings. The molecule has 2 rings (SSSR count). The molecular formula is C18H19NO4. The average Bonchev–Trinajstić information content (AvgIpc) is 2.54. The van der Waals surface area contributed by atoms with E-state index in [1.54, 1.807) is 25.1 Å². The Morgan fingerprint density at radius 3 is 2.48 bits per heavy atom. The molecule has 0 saturated carbocycles. The molecule has 0 radical (unpaired) electrons. The second-order valence-electron chi connectivity index (χ2n) is 4.89. The van der Waals surface area contributed by atoms with Crippen molar-refractivity contribution in [3.8, 4) is 5.75 Å². The fraction of sp³-hybridized carbons (Fsp3) is 0.222. The highest BCUT2D eigenvalue weighted by Gasteiger charge is 2.11. The molecule has 0 fully saturated rings. The molecule has 2 aromatic carbocycles. The van der Waals surface area contributed by atoms with Gasteiger partial charge in [0.2, 0.25) is 0 Å². The van der Waals surface area contributed by atoms with Crippen LogP contribution in [0.5, 0.6) is 5.75 Å². The van der Waals surface area contributed by atoms with Crippen molar-refractivity contribution in [2.24, 2.45) is 0 Å². The van der Waals surface area contributed by atoms with Crippen molar-refractivity contribution < 1.29 is 19.1 Å². The Morgan fingerprint density at radius 2 is 1.83 bits per heavy atom. The van der Waals surface area contributed by atoms with E-state index >= 15 is 0 Å². The second kappa shape index (κ2) is 7.98. The van der Waals surface area contributed by atoms with E-state index in [0.29, 0.717) is 23.6 Å². The lowest BCUT2D eigenvalue weighted by molar-refractivity contribution is 0.101. The zero-order valence-corrected chi connectivity index (χ0v) is 13.2. The number of hydrogen-bond donors (Lipinski definition) is 1. The van der Waals surface area contributed by atoms with Crippen molar-refractivity contribution in [3.63, 3.8) is 0 Å². The molecule has 0 aromatic heterocycles. The lowest BCUT2D eigenvalue weighted by Crippen LogP contribution is -2.14. The van der Waals surface area contributed by atoms with E-state index in [1.807, 2.05) is 30.3 Å². The Labute approximate surface area is 135 Å². The molecule has 0 unspecified atom stereocenters. The van der Waals surface area contributed by atoms with E-state index in [1.165, 1.54) is 6.92 Å². The summed E-state index contributed by atoms with van der Waals surface area (Å²) in [7, 11) is 0. The molecule has 0 saturated heterocycles. The molecular weight excluding hydrogens is 294 g/mol. The van der Waals surface area contributed by atoms with Crippen LogP contribution in [0.4, 0.5) is 10.5 Å². The van der Waals surface area contributed by atoms with E-state index < -0.39 is 6.09 Å². The van der Waals surface area contributed by atoms with Crippen LogP contribution in [-0.2, 0) is 11.3 Å². The molecule has 0 aliphatic heterocycles. The standard InChI is InChI=1S/C18H19NO4/c1-3-22-18(21)19-16-11-15(13(2)20)9-10-17(16)23-12-14-7-5-4-6-8-14/h4-11H,3,12H2,1-2H3,(H,19,21). The first kappa shape index (κ1) is 16.5. The van der Waals surface area contributed by atoms with Crippen molar-refractivity contribution in [2.75, 3.05) is 11.9 Å². The topological polar surface area (TPSA) is 64.6 Å². The van der Waals surface area contributed by atoms with Gasteiger partial charge in [-0.25, -0.2) is 4.79 Å². The summed E-state index contributed by atoms with van der Waals surface area (Å²) in [6.07, 6.45) is -0.585. The Kier molecular flexibility index (Phi) is 5.74. The number of nitrogens with one attached hydrogen (secondary N) is 1. The van der Waals surface area contributed by atoms with E-state index in [0.717, 1.165) is 5.56 Å². The molecule has 120 valence electrons. The summed E-state index contributed by atoms with van der Waals surface area (Å²) in [6.45, 7) is 3.81. The van der Waals surface area contributed by atoms with Gasteiger partial charge >= 0.3 is 6.09 Å².